The standard InChI is InChI=1S/C61H49N3S/c1-4-45(48-26-14-15-27-49(48)46-24-12-8-18-38(46)2)61-62-54(33-30-39(3)58(63-61)41-20-6-5-7-21-41)44-35-53-50-28-16-17-29-57(50)65-60(53)56(37-44)64-55-36-43-23-10-9-22-42(43)34-52(55)51-32-31-40-19-11-13-25-47(40)59(51)64/h5-29,31-32,34-37,39,45,58H,4,30,33H2,1-3H3/b62-54+,63-61-. The Balaban J connectivity index is 1.15. The Morgan fingerprint density at radius 1 is 0.615 bits per heavy atom. The number of hydrogen-bond acceptors (Lipinski definition) is 3. The zero-order valence-corrected chi connectivity index (χ0v) is 37.8. The van der Waals surface area contributed by atoms with Crippen molar-refractivity contribution in [2.45, 2.75) is 52.0 Å². The maximum Gasteiger partial charge on any atom is 0.131 e. The molecule has 0 amide bonds. The van der Waals surface area contributed by atoms with Gasteiger partial charge in [0.1, 0.15) is 5.84 Å². The van der Waals surface area contributed by atoms with Crippen LogP contribution in [-0.2, 0) is 0 Å². The van der Waals surface area contributed by atoms with E-state index in [-0.39, 0.29) is 12.0 Å². The molecule has 0 spiro atoms. The molecule has 3 unspecified atom stereocenters. The topological polar surface area (TPSA) is 29.6 Å². The van der Waals surface area contributed by atoms with Gasteiger partial charge in [0.2, 0.25) is 0 Å². The van der Waals surface area contributed by atoms with Crippen molar-refractivity contribution >= 4 is 86.4 Å². The monoisotopic (exact) mass is 855 g/mol. The number of aromatic nitrogens is 1. The first-order chi connectivity index (χ1) is 32.0. The van der Waals surface area contributed by atoms with E-state index in [0.717, 1.165) is 36.4 Å². The molecule has 0 radical (unpaired) electrons. The minimum atomic E-state index is -0.0144. The lowest BCUT2D eigenvalue weighted by atomic mass is 9.85. The molecule has 12 rings (SSSR count). The first kappa shape index (κ1) is 39.5. The molecule has 2 aromatic heterocycles. The number of rotatable bonds is 7. The van der Waals surface area contributed by atoms with E-state index in [2.05, 4.69) is 213 Å². The zero-order chi connectivity index (χ0) is 43.6. The van der Waals surface area contributed by atoms with Gasteiger partial charge in [-0.25, -0.2) is 4.99 Å². The van der Waals surface area contributed by atoms with Crippen molar-refractivity contribution in [2.75, 3.05) is 0 Å². The number of aryl methyl sites for hydroxylation is 1. The lowest BCUT2D eigenvalue weighted by Gasteiger charge is -2.28. The van der Waals surface area contributed by atoms with E-state index in [1.165, 1.54) is 97.0 Å². The summed E-state index contributed by atoms with van der Waals surface area (Å²) >= 11 is 1.90. The van der Waals surface area contributed by atoms with Crippen LogP contribution < -0.4 is 0 Å². The molecule has 4 heteroatoms. The van der Waals surface area contributed by atoms with Gasteiger partial charge in [0.15, 0.2) is 0 Å². The fourth-order valence-electron chi connectivity index (χ4n) is 10.8. The Bertz CT molecular complexity index is 3700. The summed E-state index contributed by atoms with van der Waals surface area (Å²) < 4.78 is 5.16. The molecular formula is C61H49N3S. The summed E-state index contributed by atoms with van der Waals surface area (Å²) in [6, 6.07) is 69.5. The molecule has 1 aliphatic rings. The van der Waals surface area contributed by atoms with Gasteiger partial charge in [0.05, 0.1) is 27.5 Å². The summed E-state index contributed by atoms with van der Waals surface area (Å²) in [5.74, 6) is 1.19. The van der Waals surface area contributed by atoms with Crippen LogP contribution in [0.25, 0.3) is 80.3 Å². The fourth-order valence-corrected chi connectivity index (χ4v) is 12.0. The molecule has 9 aromatic carbocycles. The number of nitrogens with zero attached hydrogens (tertiary/aromatic N) is 3. The van der Waals surface area contributed by atoms with E-state index < -0.39 is 0 Å². The quantitative estimate of drug-likeness (QED) is 0.153. The highest BCUT2D eigenvalue weighted by atomic mass is 32.1. The zero-order valence-electron chi connectivity index (χ0n) is 37.0. The molecule has 3 heterocycles. The molecule has 65 heavy (non-hydrogen) atoms. The van der Waals surface area contributed by atoms with E-state index >= 15 is 0 Å². The van der Waals surface area contributed by atoms with Crippen LogP contribution in [0.3, 0.4) is 0 Å². The average Bonchev–Trinajstić information content (AvgIpc) is 3.89. The van der Waals surface area contributed by atoms with Gasteiger partial charge in [-0.3, -0.25) is 4.99 Å². The SMILES string of the molecule is CCC(C1=N/C(c2ccccc2)C(C)CC/C(c2cc(-n3c4cc5ccccc5cc4c4ccc5ccccc5c43)c3sc4ccccc4c3c2)=N\1)c1ccccc1-c1ccccc1C. The fraction of sp³-hybridized carbons (Fsp3) is 0.148. The first-order valence-electron chi connectivity index (χ1n) is 23.2. The summed E-state index contributed by atoms with van der Waals surface area (Å²) in [5, 5.41) is 10.1. The smallest absolute Gasteiger partial charge is 0.131 e. The van der Waals surface area contributed by atoms with Crippen molar-refractivity contribution in [1.29, 1.82) is 0 Å². The van der Waals surface area contributed by atoms with Crippen LogP contribution in [0.4, 0.5) is 0 Å². The number of hydrogen-bond donors (Lipinski definition) is 0. The van der Waals surface area contributed by atoms with Crippen molar-refractivity contribution in [3.63, 3.8) is 0 Å². The average molecular weight is 856 g/mol. The molecule has 0 N–H and O–H groups in total. The van der Waals surface area contributed by atoms with Gasteiger partial charge in [-0.1, -0.05) is 172 Å². The van der Waals surface area contributed by atoms with E-state index in [1.807, 2.05) is 11.3 Å². The Morgan fingerprint density at radius 3 is 2.12 bits per heavy atom. The molecule has 0 saturated carbocycles. The second-order valence-corrected chi connectivity index (χ2v) is 19.0. The van der Waals surface area contributed by atoms with Crippen molar-refractivity contribution < 1.29 is 0 Å². The van der Waals surface area contributed by atoms with Crippen molar-refractivity contribution in [3.05, 3.63) is 210 Å². The highest BCUT2D eigenvalue weighted by Gasteiger charge is 2.29. The van der Waals surface area contributed by atoms with E-state index in [1.54, 1.807) is 0 Å². The van der Waals surface area contributed by atoms with Crippen LogP contribution in [0.1, 0.15) is 67.3 Å². The van der Waals surface area contributed by atoms with Gasteiger partial charge in [0.25, 0.3) is 0 Å². The predicted octanol–water partition coefficient (Wildman–Crippen LogP) is 17.0. The number of aliphatic imine (C=N–C) groups is 2. The molecule has 0 bridgehead atoms. The summed E-state index contributed by atoms with van der Waals surface area (Å²) in [6.45, 7) is 6.90. The van der Waals surface area contributed by atoms with Crippen LogP contribution in [0, 0.1) is 12.8 Å². The molecule has 11 aromatic rings. The van der Waals surface area contributed by atoms with Crippen molar-refractivity contribution in [1.82, 2.24) is 4.57 Å². The second kappa shape index (κ2) is 16.1. The Labute approximate surface area is 384 Å². The van der Waals surface area contributed by atoms with Crippen LogP contribution in [0.5, 0.6) is 0 Å². The molecule has 3 atom stereocenters. The van der Waals surface area contributed by atoms with Crippen molar-refractivity contribution in [3.8, 4) is 16.8 Å². The molecule has 3 nitrogen and oxygen atoms in total. The number of benzene rings is 9. The molecule has 0 saturated heterocycles. The third-order valence-electron chi connectivity index (χ3n) is 14.1. The molecule has 0 fully saturated rings. The third kappa shape index (κ3) is 6.70. The lowest BCUT2D eigenvalue weighted by molar-refractivity contribution is 0.444. The largest absolute Gasteiger partial charge is 0.307 e. The first-order valence-corrected chi connectivity index (χ1v) is 24.0. The lowest BCUT2D eigenvalue weighted by Crippen LogP contribution is -2.21. The van der Waals surface area contributed by atoms with E-state index in [9.17, 15) is 0 Å². The number of thiophene rings is 1. The Kier molecular flexibility index (Phi) is 9.79. The normalized spacial score (nSPS) is 17.9. The van der Waals surface area contributed by atoms with E-state index in [4.69, 9.17) is 9.98 Å². The number of amidine groups is 1. The summed E-state index contributed by atoms with van der Waals surface area (Å²) in [7, 11) is 0. The molecule has 0 aliphatic carbocycles. The number of fused-ring (bicyclic) bond motifs is 9. The third-order valence-corrected chi connectivity index (χ3v) is 15.3. The van der Waals surface area contributed by atoms with Crippen LogP contribution in [0.2, 0.25) is 0 Å². The second-order valence-electron chi connectivity index (χ2n) is 18.0. The van der Waals surface area contributed by atoms with Gasteiger partial charge in [-0.05, 0) is 112 Å². The summed E-state index contributed by atoms with van der Waals surface area (Å²) in [4.78, 5) is 11.7. The van der Waals surface area contributed by atoms with Crippen LogP contribution in [0.15, 0.2) is 198 Å². The minimum absolute atomic E-state index is 0.00395. The molecule has 314 valence electrons. The van der Waals surface area contributed by atoms with Gasteiger partial charge in [0, 0.05) is 43.3 Å². The van der Waals surface area contributed by atoms with Gasteiger partial charge in [-0.2, -0.15) is 0 Å². The molecule has 1 aliphatic heterocycles. The molecular weight excluding hydrogens is 807 g/mol. The van der Waals surface area contributed by atoms with Gasteiger partial charge >= 0.3 is 0 Å². The highest BCUT2D eigenvalue weighted by molar-refractivity contribution is 7.26. The Morgan fingerprint density at radius 2 is 1.31 bits per heavy atom. The summed E-state index contributed by atoms with van der Waals surface area (Å²) in [5.41, 5.74) is 12.2. The van der Waals surface area contributed by atoms with Gasteiger partial charge in [-0.15, -0.1) is 11.3 Å². The van der Waals surface area contributed by atoms with E-state index in [0.29, 0.717) is 5.92 Å². The van der Waals surface area contributed by atoms with Gasteiger partial charge < -0.3 is 4.57 Å². The van der Waals surface area contributed by atoms with Crippen LogP contribution >= 0.6 is 11.3 Å². The van der Waals surface area contributed by atoms with Crippen LogP contribution in [-0.4, -0.2) is 16.1 Å². The maximum absolute atomic E-state index is 5.89. The van der Waals surface area contributed by atoms with Crippen molar-refractivity contribution in [2.24, 2.45) is 15.9 Å². The highest BCUT2D eigenvalue weighted by Crippen LogP contribution is 2.45. The summed E-state index contributed by atoms with van der Waals surface area (Å²) in [6.07, 6.45) is 2.68. The Hall–Kier alpha value is -7.14. The maximum atomic E-state index is 5.89. The predicted molar refractivity (Wildman–Crippen MR) is 280 cm³/mol. The minimum Gasteiger partial charge on any atom is -0.307 e.